The summed E-state index contributed by atoms with van der Waals surface area (Å²) in [5.41, 5.74) is 0.182. The summed E-state index contributed by atoms with van der Waals surface area (Å²) >= 11 is 4.26. The number of aryl methyl sites for hydroxylation is 1. The second kappa shape index (κ2) is 4.42. The van der Waals surface area contributed by atoms with Gasteiger partial charge in [0, 0.05) is 21.1 Å². The molecule has 0 N–H and O–H groups in total. The van der Waals surface area contributed by atoms with Crippen LogP contribution in [0, 0.1) is 6.92 Å². The predicted molar refractivity (Wildman–Crippen MR) is 65.0 cm³/mol. The third kappa shape index (κ3) is 2.69. The van der Waals surface area contributed by atoms with Crippen molar-refractivity contribution in [3.05, 3.63) is 39.3 Å². The van der Waals surface area contributed by atoms with E-state index < -0.39 is 11.7 Å². The molecule has 0 atom stereocenters. The average molecular weight is 322 g/mol. The zero-order chi connectivity index (χ0) is 12.6. The molecule has 0 spiro atoms. The van der Waals surface area contributed by atoms with Crippen LogP contribution in [0.2, 0.25) is 0 Å². The van der Waals surface area contributed by atoms with Crippen LogP contribution in [0.3, 0.4) is 0 Å². The molecule has 90 valence electrons. The molecule has 1 nitrogen and oxygen atoms in total. The van der Waals surface area contributed by atoms with Gasteiger partial charge in [-0.1, -0.05) is 22.0 Å². The Morgan fingerprint density at radius 3 is 2.53 bits per heavy atom. The van der Waals surface area contributed by atoms with Crippen LogP contribution in [0.25, 0.3) is 10.6 Å². The highest BCUT2D eigenvalue weighted by atomic mass is 79.9. The van der Waals surface area contributed by atoms with E-state index in [4.69, 9.17) is 0 Å². The molecule has 0 bridgehead atoms. The Kier molecular flexibility index (Phi) is 3.27. The van der Waals surface area contributed by atoms with Gasteiger partial charge in [0.25, 0.3) is 0 Å². The van der Waals surface area contributed by atoms with Gasteiger partial charge in [0.15, 0.2) is 0 Å². The molecule has 17 heavy (non-hydrogen) atoms. The first kappa shape index (κ1) is 12.6. The van der Waals surface area contributed by atoms with Crippen molar-refractivity contribution in [3.63, 3.8) is 0 Å². The molecular formula is C11H7BrF3NS. The molecule has 1 heterocycles. The second-order valence-corrected chi connectivity index (χ2v) is 5.26. The predicted octanol–water partition coefficient (Wildman–Crippen LogP) is 4.90. The van der Waals surface area contributed by atoms with Crippen molar-refractivity contribution < 1.29 is 13.2 Å². The van der Waals surface area contributed by atoms with Crippen LogP contribution in [-0.4, -0.2) is 4.98 Å². The van der Waals surface area contributed by atoms with Crippen LogP contribution in [0.4, 0.5) is 13.2 Å². The zero-order valence-electron chi connectivity index (χ0n) is 8.68. The summed E-state index contributed by atoms with van der Waals surface area (Å²) in [5.74, 6) is 0. The number of aromatic nitrogens is 1. The van der Waals surface area contributed by atoms with E-state index >= 15 is 0 Å². The third-order valence-electron chi connectivity index (χ3n) is 2.14. The minimum atomic E-state index is -4.38. The normalized spacial score (nSPS) is 11.8. The lowest BCUT2D eigenvalue weighted by atomic mass is 10.1. The molecular weight excluding hydrogens is 315 g/mol. The van der Waals surface area contributed by atoms with Gasteiger partial charge in [-0.2, -0.15) is 13.2 Å². The molecule has 2 aromatic rings. The summed E-state index contributed by atoms with van der Waals surface area (Å²) in [5, 5.41) is 2.12. The number of alkyl halides is 3. The molecule has 0 amide bonds. The van der Waals surface area contributed by atoms with Gasteiger partial charge in [0.2, 0.25) is 0 Å². The Bertz CT molecular complexity index is 548. The van der Waals surface area contributed by atoms with Crippen LogP contribution in [0.15, 0.2) is 28.1 Å². The maximum atomic E-state index is 12.9. The fourth-order valence-electron chi connectivity index (χ4n) is 1.42. The van der Waals surface area contributed by atoms with Gasteiger partial charge in [-0.15, -0.1) is 11.3 Å². The van der Waals surface area contributed by atoms with Crippen LogP contribution in [0.1, 0.15) is 11.3 Å². The smallest absolute Gasteiger partial charge is 0.241 e. The van der Waals surface area contributed by atoms with Crippen LogP contribution >= 0.6 is 27.3 Å². The second-order valence-electron chi connectivity index (χ2n) is 3.48. The number of thiazole rings is 1. The minimum Gasteiger partial charge on any atom is -0.241 e. The zero-order valence-corrected chi connectivity index (χ0v) is 11.1. The van der Waals surface area contributed by atoms with Crippen molar-refractivity contribution in [2.24, 2.45) is 0 Å². The van der Waals surface area contributed by atoms with Crippen molar-refractivity contribution in [2.75, 3.05) is 0 Å². The molecule has 1 aromatic heterocycles. The van der Waals surface area contributed by atoms with Crippen molar-refractivity contribution in [1.29, 1.82) is 0 Å². The molecule has 0 fully saturated rings. The van der Waals surface area contributed by atoms with Crippen molar-refractivity contribution in [1.82, 2.24) is 4.98 Å². The first-order valence-electron chi connectivity index (χ1n) is 4.67. The van der Waals surface area contributed by atoms with Gasteiger partial charge in [0.05, 0.1) is 5.56 Å². The molecule has 0 radical (unpaired) electrons. The summed E-state index contributed by atoms with van der Waals surface area (Å²) in [6.07, 6.45) is -4.38. The quantitative estimate of drug-likeness (QED) is 0.728. The number of rotatable bonds is 1. The maximum absolute atomic E-state index is 12.9. The number of nitrogens with zero attached hydrogens (tertiary/aromatic N) is 1. The molecule has 6 heteroatoms. The van der Waals surface area contributed by atoms with Gasteiger partial charge >= 0.3 is 6.18 Å². The highest BCUT2D eigenvalue weighted by molar-refractivity contribution is 9.10. The van der Waals surface area contributed by atoms with E-state index in [1.165, 1.54) is 17.4 Å². The molecule has 0 aliphatic carbocycles. The van der Waals surface area contributed by atoms with Crippen molar-refractivity contribution >= 4 is 27.3 Å². The molecule has 1 aromatic carbocycles. The first-order valence-corrected chi connectivity index (χ1v) is 6.34. The van der Waals surface area contributed by atoms with Gasteiger partial charge < -0.3 is 0 Å². The highest BCUT2D eigenvalue weighted by Crippen LogP contribution is 2.39. The summed E-state index contributed by atoms with van der Waals surface area (Å²) in [4.78, 5) is 4.09. The van der Waals surface area contributed by atoms with E-state index in [0.29, 0.717) is 9.48 Å². The lowest BCUT2D eigenvalue weighted by Gasteiger charge is -2.11. The third-order valence-corrected chi connectivity index (χ3v) is 3.62. The monoisotopic (exact) mass is 321 g/mol. The summed E-state index contributed by atoms with van der Waals surface area (Å²) in [6.45, 7) is 1.76. The average Bonchev–Trinajstić information content (AvgIpc) is 2.63. The molecule has 0 saturated carbocycles. The van der Waals surface area contributed by atoms with Crippen LogP contribution in [0.5, 0.6) is 0 Å². The SMILES string of the molecule is Cc1csc(-c2ccc(Br)cc2C(F)(F)F)n1. The number of hydrogen-bond acceptors (Lipinski definition) is 2. The Balaban J connectivity index is 2.61. The van der Waals surface area contributed by atoms with Gasteiger partial charge in [-0.05, 0) is 19.1 Å². The molecule has 0 aliphatic heterocycles. The van der Waals surface area contributed by atoms with Gasteiger partial charge in [0.1, 0.15) is 5.01 Å². The Hall–Kier alpha value is -0.880. The van der Waals surface area contributed by atoms with Gasteiger partial charge in [-0.3, -0.25) is 0 Å². The van der Waals surface area contributed by atoms with Gasteiger partial charge in [-0.25, -0.2) is 4.98 Å². The maximum Gasteiger partial charge on any atom is 0.417 e. The summed E-state index contributed by atoms with van der Waals surface area (Å²) in [6, 6.07) is 4.10. The Morgan fingerprint density at radius 2 is 2.00 bits per heavy atom. The number of benzene rings is 1. The Labute approximate surface area is 108 Å². The van der Waals surface area contributed by atoms with Crippen molar-refractivity contribution in [3.8, 4) is 10.6 Å². The standard InChI is InChI=1S/C11H7BrF3NS/c1-6-5-17-10(16-6)8-3-2-7(12)4-9(8)11(13,14)15/h2-5H,1H3. The molecule has 0 saturated heterocycles. The van der Waals surface area contributed by atoms with E-state index in [1.54, 1.807) is 18.4 Å². The lowest BCUT2D eigenvalue weighted by Crippen LogP contribution is -2.07. The van der Waals surface area contributed by atoms with Crippen LogP contribution < -0.4 is 0 Å². The topological polar surface area (TPSA) is 12.9 Å². The molecule has 0 unspecified atom stereocenters. The lowest BCUT2D eigenvalue weighted by molar-refractivity contribution is -0.137. The van der Waals surface area contributed by atoms with E-state index in [1.807, 2.05) is 0 Å². The van der Waals surface area contributed by atoms with E-state index in [0.717, 1.165) is 11.8 Å². The summed E-state index contributed by atoms with van der Waals surface area (Å²) < 4.78 is 39.0. The van der Waals surface area contributed by atoms with Crippen LogP contribution in [-0.2, 0) is 6.18 Å². The number of halogens is 4. The fraction of sp³-hybridized carbons (Fsp3) is 0.182. The molecule has 0 aliphatic rings. The van der Waals surface area contributed by atoms with E-state index in [2.05, 4.69) is 20.9 Å². The largest absolute Gasteiger partial charge is 0.417 e. The van der Waals surface area contributed by atoms with E-state index in [-0.39, 0.29) is 5.56 Å². The molecule has 2 rings (SSSR count). The van der Waals surface area contributed by atoms with Crippen molar-refractivity contribution in [2.45, 2.75) is 13.1 Å². The highest BCUT2D eigenvalue weighted by Gasteiger charge is 2.34. The first-order chi connectivity index (χ1) is 7.88. The van der Waals surface area contributed by atoms with E-state index in [9.17, 15) is 13.2 Å². The Morgan fingerprint density at radius 1 is 1.29 bits per heavy atom. The summed E-state index contributed by atoms with van der Waals surface area (Å²) in [7, 11) is 0. The fourth-order valence-corrected chi connectivity index (χ4v) is 2.61. The minimum absolute atomic E-state index is 0.124. The number of hydrogen-bond donors (Lipinski definition) is 0.